The molecule has 3 heterocycles. The van der Waals surface area contributed by atoms with Crippen molar-refractivity contribution in [3.63, 3.8) is 0 Å². The van der Waals surface area contributed by atoms with E-state index in [-0.39, 0.29) is 0 Å². The van der Waals surface area contributed by atoms with Crippen LogP contribution in [0.4, 0.5) is 11.5 Å². The lowest BCUT2D eigenvalue weighted by atomic mass is 10.1. The number of hydrogen-bond acceptors (Lipinski definition) is 4. The first-order valence-corrected chi connectivity index (χ1v) is 10.2. The largest absolute Gasteiger partial charge is 0.368 e. The molecule has 2 aromatic carbocycles. The van der Waals surface area contributed by atoms with Gasteiger partial charge in [-0.3, -0.25) is 0 Å². The third-order valence-electron chi connectivity index (χ3n) is 5.88. The normalized spacial score (nSPS) is 14.6. The summed E-state index contributed by atoms with van der Waals surface area (Å²) >= 11 is 0. The van der Waals surface area contributed by atoms with Crippen LogP contribution in [0.1, 0.15) is 11.3 Å². The van der Waals surface area contributed by atoms with Gasteiger partial charge >= 0.3 is 0 Å². The molecule has 0 amide bonds. The molecule has 5 heteroatoms. The minimum Gasteiger partial charge on any atom is -0.368 e. The average Bonchev–Trinajstić information content (AvgIpc) is 3.19. The lowest BCUT2D eigenvalue weighted by molar-refractivity contribution is 0.636. The Morgan fingerprint density at radius 2 is 1.38 bits per heavy atom. The number of aryl methyl sites for hydroxylation is 1. The summed E-state index contributed by atoms with van der Waals surface area (Å²) in [5.41, 5.74) is 6.73. The highest BCUT2D eigenvalue weighted by Gasteiger charge is 2.23. The zero-order chi connectivity index (χ0) is 19.8. The maximum Gasteiger partial charge on any atom is 0.165 e. The molecule has 5 rings (SSSR count). The van der Waals surface area contributed by atoms with E-state index in [0.29, 0.717) is 0 Å². The van der Waals surface area contributed by atoms with Crippen molar-refractivity contribution in [3.05, 3.63) is 78.1 Å². The van der Waals surface area contributed by atoms with Gasteiger partial charge in [-0.15, -0.1) is 0 Å². The third kappa shape index (κ3) is 3.12. The van der Waals surface area contributed by atoms with Crippen molar-refractivity contribution in [2.24, 2.45) is 0 Å². The summed E-state index contributed by atoms with van der Waals surface area (Å²) < 4.78 is 2.03. The molecule has 0 aliphatic carbocycles. The van der Waals surface area contributed by atoms with Crippen LogP contribution in [0.15, 0.2) is 66.9 Å². The summed E-state index contributed by atoms with van der Waals surface area (Å²) in [7, 11) is 0. The van der Waals surface area contributed by atoms with Gasteiger partial charge in [0.05, 0.1) is 6.20 Å². The van der Waals surface area contributed by atoms with Crippen LogP contribution in [0.2, 0.25) is 0 Å². The fraction of sp³-hybridized carbons (Fsp3) is 0.250. The molecule has 0 N–H and O–H groups in total. The van der Waals surface area contributed by atoms with Crippen LogP contribution in [-0.2, 0) is 0 Å². The standard InChI is InChI=1S/C24H25N5/c1-18-19(2)26-23-22(20-9-5-3-6-10-20)17-25-29(23)24(18)28-15-13-27(14-16-28)21-11-7-4-8-12-21/h3-12,17H,13-16H2,1-2H3. The molecule has 0 bridgehead atoms. The Kier molecular flexibility index (Phi) is 4.43. The molecule has 1 aliphatic rings. The van der Waals surface area contributed by atoms with Gasteiger partial charge in [-0.05, 0) is 31.5 Å². The lowest BCUT2D eigenvalue weighted by Crippen LogP contribution is -2.47. The number of anilines is 2. The maximum atomic E-state index is 4.89. The SMILES string of the molecule is Cc1nc2c(-c3ccccc3)cnn2c(N2CCN(c3ccccc3)CC2)c1C. The van der Waals surface area contributed by atoms with Crippen molar-refractivity contribution in [3.8, 4) is 11.1 Å². The number of rotatable bonds is 3. The molecule has 0 unspecified atom stereocenters. The van der Waals surface area contributed by atoms with E-state index in [2.05, 4.69) is 78.2 Å². The molecule has 2 aromatic heterocycles. The van der Waals surface area contributed by atoms with E-state index in [9.17, 15) is 0 Å². The van der Waals surface area contributed by atoms with Crippen LogP contribution in [-0.4, -0.2) is 40.8 Å². The molecule has 0 radical (unpaired) electrons. The molecule has 4 aromatic rings. The van der Waals surface area contributed by atoms with E-state index in [1.807, 2.05) is 16.8 Å². The van der Waals surface area contributed by atoms with E-state index in [1.54, 1.807) is 0 Å². The molecule has 29 heavy (non-hydrogen) atoms. The number of fused-ring (bicyclic) bond motifs is 1. The first kappa shape index (κ1) is 17.7. The molecule has 146 valence electrons. The predicted molar refractivity (Wildman–Crippen MR) is 119 cm³/mol. The first-order valence-electron chi connectivity index (χ1n) is 10.2. The zero-order valence-electron chi connectivity index (χ0n) is 16.9. The number of benzene rings is 2. The van der Waals surface area contributed by atoms with Crippen molar-refractivity contribution in [1.29, 1.82) is 0 Å². The summed E-state index contributed by atoms with van der Waals surface area (Å²) in [6.45, 7) is 8.19. The summed E-state index contributed by atoms with van der Waals surface area (Å²) in [6.07, 6.45) is 1.94. The number of para-hydroxylation sites is 1. The van der Waals surface area contributed by atoms with Crippen LogP contribution >= 0.6 is 0 Å². The highest BCUT2D eigenvalue weighted by molar-refractivity contribution is 5.78. The average molecular weight is 383 g/mol. The van der Waals surface area contributed by atoms with Crippen molar-refractivity contribution in [2.75, 3.05) is 36.0 Å². The van der Waals surface area contributed by atoms with E-state index in [0.717, 1.165) is 48.6 Å². The quantitative estimate of drug-likeness (QED) is 0.527. The Hall–Kier alpha value is -3.34. The van der Waals surface area contributed by atoms with Crippen molar-refractivity contribution in [1.82, 2.24) is 14.6 Å². The number of aromatic nitrogens is 3. The molecular formula is C24H25N5. The van der Waals surface area contributed by atoms with Crippen molar-refractivity contribution < 1.29 is 0 Å². The Morgan fingerprint density at radius 3 is 2.07 bits per heavy atom. The first-order chi connectivity index (χ1) is 14.2. The van der Waals surface area contributed by atoms with Gasteiger partial charge in [0.2, 0.25) is 0 Å². The molecule has 0 atom stereocenters. The summed E-state index contributed by atoms with van der Waals surface area (Å²) in [5, 5.41) is 4.75. The van der Waals surface area contributed by atoms with Crippen LogP contribution < -0.4 is 9.80 Å². The van der Waals surface area contributed by atoms with E-state index < -0.39 is 0 Å². The van der Waals surface area contributed by atoms with Gasteiger partial charge in [-0.2, -0.15) is 9.61 Å². The van der Waals surface area contributed by atoms with Crippen molar-refractivity contribution >= 4 is 17.2 Å². The Bertz CT molecular complexity index is 1130. The lowest BCUT2D eigenvalue weighted by Gasteiger charge is -2.38. The summed E-state index contributed by atoms with van der Waals surface area (Å²) in [6, 6.07) is 21.1. The van der Waals surface area contributed by atoms with Crippen LogP contribution in [0.5, 0.6) is 0 Å². The highest BCUT2D eigenvalue weighted by atomic mass is 15.4. The highest BCUT2D eigenvalue weighted by Crippen LogP contribution is 2.30. The maximum absolute atomic E-state index is 4.89. The molecule has 5 nitrogen and oxygen atoms in total. The monoisotopic (exact) mass is 383 g/mol. The summed E-state index contributed by atoms with van der Waals surface area (Å²) in [4.78, 5) is 9.80. The van der Waals surface area contributed by atoms with Gasteiger partial charge in [0, 0.05) is 48.7 Å². The van der Waals surface area contributed by atoms with Gasteiger partial charge in [-0.25, -0.2) is 4.98 Å². The van der Waals surface area contributed by atoms with Gasteiger partial charge in [-0.1, -0.05) is 48.5 Å². The Morgan fingerprint density at radius 1 is 0.759 bits per heavy atom. The fourth-order valence-electron chi connectivity index (χ4n) is 4.18. The minimum absolute atomic E-state index is 0.930. The molecule has 0 spiro atoms. The fourth-order valence-corrected chi connectivity index (χ4v) is 4.18. The molecule has 0 saturated carbocycles. The van der Waals surface area contributed by atoms with Gasteiger partial charge in [0.1, 0.15) is 5.82 Å². The van der Waals surface area contributed by atoms with E-state index in [4.69, 9.17) is 10.1 Å². The Labute approximate surface area is 171 Å². The second-order valence-electron chi connectivity index (χ2n) is 7.62. The van der Waals surface area contributed by atoms with Crippen LogP contribution in [0, 0.1) is 13.8 Å². The zero-order valence-corrected chi connectivity index (χ0v) is 16.9. The van der Waals surface area contributed by atoms with E-state index >= 15 is 0 Å². The smallest absolute Gasteiger partial charge is 0.165 e. The Balaban J connectivity index is 1.51. The molecule has 1 saturated heterocycles. The minimum atomic E-state index is 0.930. The topological polar surface area (TPSA) is 36.7 Å². The molecule has 1 fully saturated rings. The third-order valence-corrected chi connectivity index (χ3v) is 5.88. The predicted octanol–water partition coefficient (Wildman–Crippen LogP) is 4.34. The van der Waals surface area contributed by atoms with Crippen LogP contribution in [0.3, 0.4) is 0 Å². The van der Waals surface area contributed by atoms with Gasteiger partial charge in [0.25, 0.3) is 0 Å². The second kappa shape index (κ2) is 7.24. The second-order valence-corrected chi connectivity index (χ2v) is 7.62. The number of nitrogens with zero attached hydrogens (tertiary/aromatic N) is 5. The van der Waals surface area contributed by atoms with Gasteiger partial charge < -0.3 is 9.80 Å². The van der Waals surface area contributed by atoms with Crippen molar-refractivity contribution in [2.45, 2.75) is 13.8 Å². The molecule has 1 aliphatic heterocycles. The summed E-state index contributed by atoms with van der Waals surface area (Å²) in [5.74, 6) is 1.17. The van der Waals surface area contributed by atoms with E-state index in [1.165, 1.54) is 17.1 Å². The van der Waals surface area contributed by atoms with Gasteiger partial charge in [0.15, 0.2) is 5.65 Å². The van der Waals surface area contributed by atoms with Crippen LogP contribution in [0.25, 0.3) is 16.8 Å². The molecular weight excluding hydrogens is 358 g/mol. The number of piperazine rings is 1. The number of hydrogen-bond donors (Lipinski definition) is 0.